The predicted molar refractivity (Wildman–Crippen MR) is 135 cm³/mol. The maximum absolute atomic E-state index is 14.0. The van der Waals surface area contributed by atoms with E-state index in [1.165, 1.54) is 6.07 Å². The number of para-hydroxylation sites is 1. The Morgan fingerprint density at radius 3 is 2.41 bits per heavy atom. The van der Waals surface area contributed by atoms with Crippen LogP contribution in [0.3, 0.4) is 0 Å². The van der Waals surface area contributed by atoms with Crippen molar-refractivity contribution in [2.24, 2.45) is 17.8 Å². The van der Waals surface area contributed by atoms with Gasteiger partial charge in [-0.25, -0.2) is 4.39 Å². The van der Waals surface area contributed by atoms with Gasteiger partial charge in [0.2, 0.25) is 11.8 Å². The fourth-order valence-electron chi connectivity index (χ4n) is 5.04. The summed E-state index contributed by atoms with van der Waals surface area (Å²) in [6.07, 6.45) is 5.72. The molecule has 1 saturated heterocycles. The quantitative estimate of drug-likeness (QED) is 0.506. The van der Waals surface area contributed by atoms with Crippen LogP contribution in [0.4, 0.5) is 10.1 Å². The Hall–Kier alpha value is -2.15. The zero-order valence-corrected chi connectivity index (χ0v) is 21.2. The summed E-state index contributed by atoms with van der Waals surface area (Å²) in [6.45, 7) is 11.2. The van der Waals surface area contributed by atoms with Gasteiger partial charge in [0.1, 0.15) is 11.9 Å². The molecule has 34 heavy (non-hydrogen) atoms. The first-order chi connectivity index (χ1) is 16.4. The van der Waals surface area contributed by atoms with Gasteiger partial charge in [-0.3, -0.25) is 14.5 Å². The second-order valence-electron chi connectivity index (χ2n) is 10.3. The standard InChI is InChI=1S/C27H43FN4O2/c1-4-21(3)25(30-26(33)22-12-10-20(2)11-13-22)27(34)29-14-7-15-31-16-18-32(19-17-31)24-9-6-5-8-23(24)28/h5-6,8-9,20-22,25H,4,7,10-19H2,1-3H3,(H,29,34)(H,30,33). The van der Waals surface area contributed by atoms with Crippen molar-refractivity contribution >= 4 is 17.5 Å². The smallest absolute Gasteiger partial charge is 0.242 e. The van der Waals surface area contributed by atoms with Crippen LogP contribution in [0.15, 0.2) is 24.3 Å². The van der Waals surface area contributed by atoms with Gasteiger partial charge in [0.15, 0.2) is 0 Å². The Balaban J connectivity index is 1.38. The minimum Gasteiger partial charge on any atom is -0.367 e. The highest BCUT2D eigenvalue weighted by molar-refractivity contribution is 5.88. The van der Waals surface area contributed by atoms with Crippen LogP contribution < -0.4 is 15.5 Å². The summed E-state index contributed by atoms with van der Waals surface area (Å²) in [4.78, 5) is 30.2. The van der Waals surface area contributed by atoms with Crippen LogP contribution in [0.1, 0.15) is 59.3 Å². The molecular weight excluding hydrogens is 431 g/mol. The Kier molecular flexibility index (Phi) is 10.2. The number of piperazine rings is 1. The first-order valence-corrected chi connectivity index (χ1v) is 13.2. The van der Waals surface area contributed by atoms with Gasteiger partial charge in [0.25, 0.3) is 0 Å². The highest BCUT2D eigenvalue weighted by Gasteiger charge is 2.30. The first-order valence-electron chi connectivity index (χ1n) is 13.2. The number of nitrogens with one attached hydrogen (secondary N) is 2. The van der Waals surface area contributed by atoms with Gasteiger partial charge >= 0.3 is 0 Å². The summed E-state index contributed by atoms with van der Waals surface area (Å²) in [7, 11) is 0. The minimum absolute atomic E-state index is 0.0404. The predicted octanol–water partition coefficient (Wildman–Crippen LogP) is 3.81. The van der Waals surface area contributed by atoms with Gasteiger partial charge in [-0.05, 0) is 62.6 Å². The van der Waals surface area contributed by atoms with Crippen molar-refractivity contribution in [1.82, 2.24) is 15.5 Å². The molecule has 1 aliphatic carbocycles. The number of carbonyl (C=O) groups excluding carboxylic acids is 2. The Labute approximate surface area is 204 Å². The van der Waals surface area contributed by atoms with Crippen molar-refractivity contribution in [3.63, 3.8) is 0 Å². The van der Waals surface area contributed by atoms with E-state index in [1.54, 1.807) is 6.07 Å². The average Bonchev–Trinajstić information content (AvgIpc) is 2.85. The Morgan fingerprint density at radius 2 is 1.76 bits per heavy atom. The SMILES string of the molecule is CCC(C)C(NC(=O)C1CCC(C)CC1)C(=O)NCCCN1CCN(c2ccccc2F)CC1. The number of hydrogen-bond acceptors (Lipinski definition) is 4. The molecule has 2 amide bonds. The number of halogens is 1. The van der Waals surface area contributed by atoms with Crippen LogP contribution in [0.5, 0.6) is 0 Å². The fraction of sp³-hybridized carbons (Fsp3) is 0.704. The van der Waals surface area contributed by atoms with Crippen molar-refractivity contribution in [2.45, 2.75) is 65.3 Å². The van der Waals surface area contributed by atoms with Gasteiger partial charge in [-0.1, -0.05) is 39.3 Å². The van der Waals surface area contributed by atoms with E-state index >= 15 is 0 Å². The number of benzene rings is 1. The molecule has 1 saturated carbocycles. The molecule has 2 fully saturated rings. The maximum atomic E-state index is 14.0. The monoisotopic (exact) mass is 474 g/mol. The zero-order chi connectivity index (χ0) is 24.5. The van der Waals surface area contributed by atoms with Crippen LogP contribution in [-0.4, -0.2) is 62.0 Å². The lowest BCUT2D eigenvalue weighted by Gasteiger charge is -2.36. The van der Waals surface area contributed by atoms with Gasteiger partial charge in [0.05, 0.1) is 5.69 Å². The van der Waals surface area contributed by atoms with Crippen molar-refractivity contribution in [3.8, 4) is 0 Å². The molecule has 0 bridgehead atoms. The third-order valence-electron chi connectivity index (χ3n) is 7.70. The molecule has 3 rings (SSSR count). The normalized spacial score (nSPS) is 23.2. The fourth-order valence-corrected chi connectivity index (χ4v) is 5.04. The summed E-state index contributed by atoms with van der Waals surface area (Å²) in [5.74, 6) is 0.632. The van der Waals surface area contributed by atoms with E-state index in [1.807, 2.05) is 19.1 Å². The van der Waals surface area contributed by atoms with E-state index in [4.69, 9.17) is 0 Å². The summed E-state index contributed by atoms with van der Waals surface area (Å²) in [5.41, 5.74) is 0.676. The number of nitrogens with zero attached hydrogens (tertiary/aromatic N) is 2. The lowest BCUT2D eigenvalue weighted by Crippen LogP contribution is -2.52. The van der Waals surface area contributed by atoms with Crippen molar-refractivity contribution in [1.29, 1.82) is 0 Å². The van der Waals surface area contributed by atoms with E-state index in [9.17, 15) is 14.0 Å². The molecule has 0 radical (unpaired) electrons. The van der Waals surface area contributed by atoms with Crippen LogP contribution in [0.2, 0.25) is 0 Å². The van der Waals surface area contributed by atoms with Crippen molar-refractivity contribution < 1.29 is 14.0 Å². The first kappa shape index (κ1) is 26.5. The molecule has 2 N–H and O–H groups in total. The van der Waals surface area contributed by atoms with Crippen LogP contribution in [-0.2, 0) is 9.59 Å². The molecule has 1 aromatic carbocycles. The van der Waals surface area contributed by atoms with Gasteiger partial charge in [0, 0.05) is 38.6 Å². The number of anilines is 1. The third-order valence-corrected chi connectivity index (χ3v) is 7.70. The molecule has 6 nitrogen and oxygen atoms in total. The van der Waals surface area contributed by atoms with E-state index in [2.05, 4.69) is 34.3 Å². The Morgan fingerprint density at radius 1 is 1.09 bits per heavy atom. The molecule has 0 spiro atoms. The van der Waals surface area contributed by atoms with Crippen LogP contribution in [0, 0.1) is 23.6 Å². The third kappa shape index (κ3) is 7.42. The zero-order valence-electron chi connectivity index (χ0n) is 21.2. The number of amides is 2. The number of hydrogen-bond donors (Lipinski definition) is 2. The Bertz CT molecular complexity index is 789. The van der Waals surface area contributed by atoms with Crippen molar-refractivity contribution in [2.75, 3.05) is 44.2 Å². The van der Waals surface area contributed by atoms with Crippen LogP contribution in [0.25, 0.3) is 0 Å². The van der Waals surface area contributed by atoms with E-state index < -0.39 is 6.04 Å². The molecule has 0 aromatic heterocycles. The lowest BCUT2D eigenvalue weighted by atomic mass is 9.82. The maximum Gasteiger partial charge on any atom is 0.242 e. The molecule has 2 atom stereocenters. The van der Waals surface area contributed by atoms with E-state index in [0.29, 0.717) is 18.2 Å². The van der Waals surface area contributed by atoms with E-state index in [0.717, 1.165) is 71.2 Å². The van der Waals surface area contributed by atoms with Gasteiger partial charge in [-0.2, -0.15) is 0 Å². The second-order valence-corrected chi connectivity index (χ2v) is 10.3. The topological polar surface area (TPSA) is 64.7 Å². The molecule has 1 heterocycles. The second kappa shape index (κ2) is 13.1. The molecule has 2 unspecified atom stereocenters. The summed E-state index contributed by atoms with van der Waals surface area (Å²) in [6, 6.07) is 6.47. The molecule has 1 aromatic rings. The summed E-state index contributed by atoms with van der Waals surface area (Å²) < 4.78 is 14.0. The molecule has 2 aliphatic rings. The lowest BCUT2D eigenvalue weighted by molar-refractivity contribution is -0.133. The summed E-state index contributed by atoms with van der Waals surface area (Å²) >= 11 is 0. The molecule has 1 aliphatic heterocycles. The van der Waals surface area contributed by atoms with Crippen LogP contribution >= 0.6 is 0 Å². The summed E-state index contributed by atoms with van der Waals surface area (Å²) in [5, 5.41) is 6.12. The van der Waals surface area contributed by atoms with Gasteiger partial charge in [-0.15, -0.1) is 0 Å². The average molecular weight is 475 g/mol. The highest BCUT2D eigenvalue weighted by Crippen LogP contribution is 2.28. The van der Waals surface area contributed by atoms with E-state index in [-0.39, 0.29) is 29.5 Å². The molecular formula is C27H43FN4O2. The van der Waals surface area contributed by atoms with Gasteiger partial charge < -0.3 is 15.5 Å². The van der Waals surface area contributed by atoms with Crippen molar-refractivity contribution in [3.05, 3.63) is 30.1 Å². The highest BCUT2D eigenvalue weighted by atomic mass is 19.1. The molecule has 190 valence electrons. The number of rotatable bonds is 10. The number of carbonyl (C=O) groups is 2. The largest absolute Gasteiger partial charge is 0.367 e. The minimum atomic E-state index is -0.471. The molecule has 7 heteroatoms.